The van der Waals surface area contributed by atoms with Gasteiger partial charge in [0.2, 0.25) is 11.0 Å². The molecule has 2 saturated heterocycles. The molecule has 0 radical (unpaired) electrons. The fourth-order valence-electron chi connectivity index (χ4n) is 3.73. The lowest BCUT2D eigenvalue weighted by Crippen LogP contribution is -2.50. The third-order valence-electron chi connectivity index (χ3n) is 5.79. The molecular weight excluding hydrogens is 410 g/mol. The molecule has 4 N–H and O–H groups in total. The van der Waals surface area contributed by atoms with Crippen molar-refractivity contribution in [1.82, 2.24) is 5.32 Å². The summed E-state index contributed by atoms with van der Waals surface area (Å²) in [4.78, 5) is 23.4. The molecule has 0 aliphatic carbocycles. The highest BCUT2D eigenvalue weighted by atomic mass is 32.2. The van der Waals surface area contributed by atoms with Crippen molar-refractivity contribution in [1.29, 1.82) is 0 Å². The third kappa shape index (κ3) is 7.32. The second-order valence-electron chi connectivity index (χ2n) is 8.31. The number of aliphatic hydroxyl groups is 3. The number of hydrogen-bond donors (Lipinski definition) is 4. The molecule has 0 aromatic carbocycles. The number of carbonyl (C=O) groups excluding carboxylic acids is 2. The van der Waals surface area contributed by atoms with Gasteiger partial charge in [-0.05, 0) is 32.4 Å². The molecular formula is C21H35NO7S. The molecule has 1 amide bonds. The number of thioether (sulfide) groups is 1. The van der Waals surface area contributed by atoms with Gasteiger partial charge in [0.1, 0.15) is 6.10 Å². The molecule has 0 aromatic heterocycles. The van der Waals surface area contributed by atoms with E-state index in [9.17, 15) is 24.9 Å². The number of ether oxygens (including phenoxy) is 2. The summed E-state index contributed by atoms with van der Waals surface area (Å²) in [5.41, 5.74) is 0.689. The maximum absolute atomic E-state index is 11.9. The average Bonchev–Trinajstić information content (AvgIpc) is 3.44. The lowest BCUT2D eigenvalue weighted by Gasteiger charge is -2.38. The molecule has 8 atom stereocenters. The summed E-state index contributed by atoms with van der Waals surface area (Å²) in [6, 6.07) is 0. The molecule has 2 aliphatic rings. The number of hydrogen-bond acceptors (Lipinski definition) is 8. The normalized spacial score (nSPS) is 33.6. The first kappa shape index (κ1) is 25.3. The minimum absolute atomic E-state index is 0.0177. The van der Waals surface area contributed by atoms with Crippen molar-refractivity contribution >= 4 is 22.8 Å². The van der Waals surface area contributed by atoms with Gasteiger partial charge >= 0.3 is 0 Å². The van der Waals surface area contributed by atoms with Crippen LogP contribution in [0.15, 0.2) is 11.6 Å². The Labute approximate surface area is 182 Å². The molecule has 0 spiro atoms. The topological polar surface area (TPSA) is 129 Å². The van der Waals surface area contributed by atoms with E-state index in [1.807, 2.05) is 13.8 Å². The summed E-state index contributed by atoms with van der Waals surface area (Å²) < 4.78 is 11.4. The summed E-state index contributed by atoms with van der Waals surface area (Å²) in [6.45, 7) is 7.54. The Morgan fingerprint density at radius 1 is 1.23 bits per heavy atom. The van der Waals surface area contributed by atoms with Crippen LogP contribution in [-0.2, 0) is 19.1 Å². The van der Waals surface area contributed by atoms with E-state index in [1.54, 1.807) is 13.8 Å². The van der Waals surface area contributed by atoms with Gasteiger partial charge in [-0.15, -0.1) is 0 Å². The van der Waals surface area contributed by atoms with Crippen molar-refractivity contribution in [2.45, 2.75) is 77.2 Å². The highest BCUT2D eigenvalue weighted by Crippen LogP contribution is 2.38. The number of nitrogens with one attached hydrogen (secondary N) is 1. The van der Waals surface area contributed by atoms with Crippen LogP contribution in [0.1, 0.15) is 40.5 Å². The number of epoxide rings is 1. The van der Waals surface area contributed by atoms with E-state index in [4.69, 9.17) is 9.47 Å². The van der Waals surface area contributed by atoms with Crippen LogP contribution in [0.25, 0.3) is 0 Å². The standard InChI is InChI=1S/C21H35NO7S/c1-5-30-18(25)9-22-17(24)7-11(2)6-15-20(27)19(26)14(10-28-15)8-16-21(29-16)12(3)13(4)23/h7,12-16,19-21,23,26-27H,5-6,8-10H2,1-4H3,(H,22,24)/b11-7+/t12-,13-,14-,15-,16-,19+,20-,21-/m0/s1. The van der Waals surface area contributed by atoms with E-state index < -0.39 is 24.4 Å². The predicted octanol–water partition coefficient (Wildman–Crippen LogP) is 0.630. The van der Waals surface area contributed by atoms with Gasteiger partial charge in [-0.1, -0.05) is 31.2 Å². The summed E-state index contributed by atoms with van der Waals surface area (Å²) >= 11 is 1.16. The van der Waals surface area contributed by atoms with Gasteiger partial charge in [-0.2, -0.15) is 0 Å². The number of rotatable bonds is 10. The lowest BCUT2D eigenvalue weighted by molar-refractivity contribution is -0.165. The van der Waals surface area contributed by atoms with Gasteiger partial charge in [-0.3, -0.25) is 9.59 Å². The van der Waals surface area contributed by atoms with E-state index in [0.717, 1.165) is 11.8 Å². The molecule has 0 unspecified atom stereocenters. The molecule has 0 saturated carbocycles. The second kappa shape index (κ2) is 11.6. The average molecular weight is 446 g/mol. The van der Waals surface area contributed by atoms with Crippen LogP contribution in [0.4, 0.5) is 0 Å². The van der Waals surface area contributed by atoms with E-state index in [0.29, 0.717) is 30.8 Å². The largest absolute Gasteiger partial charge is 0.393 e. The van der Waals surface area contributed by atoms with Crippen LogP contribution in [0.2, 0.25) is 0 Å². The molecule has 2 rings (SSSR count). The molecule has 30 heavy (non-hydrogen) atoms. The van der Waals surface area contributed by atoms with Crippen molar-refractivity contribution in [2.24, 2.45) is 11.8 Å². The van der Waals surface area contributed by atoms with Crippen LogP contribution >= 0.6 is 11.8 Å². The molecule has 2 heterocycles. The highest BCUT2D eigenvalue weighted by Gasteiger charge is 2.48. The van der Waals surface area contributed by atoms with Crippen molar-refractivity contribution < 1.29 is 34.4 Å². The second-order valence-corrected chi connectivity index (χ2v) is 9.63. The van der Waals surface area contributed by atoms with Gasteiger partial charge in [0.25, 0.3) is 0 Å². The van der Waals surface area contributed by atoms with Gasteiger partial charge in [0.05, 0.1) is 43.7 Å². The Kier molecular flexibility index (Phi) is 9.77. The zero-order valence-corrected chi connectivity index (χ0v) is 18.9. The molecule has 0 bridgehead atoms. The lowest BCUT2D eigenvalue weighted by atomic mass is 9.85. The van der Waals surface area contributed by atoms with E-state index in [1.165, 1.54) is 6.08 Å². The minimum Gasteiger partial charge on any atom is -0.393 e. The van der Waals surface area contributed by atoms with Crippen LogP contribution in [-0.4, -0.2) is 81.9 Å². The quantitative estimate of drug-likeness (QED) is 0.285. The fourth-order valence-corrected chi connectivity index (χ4v) is 4.23. The predicted molar refractivity (Wildman–Crippen MR) is 114 cm³/mol. The van der Waals surface area contributed by atoms with Crippen molar-refractivity contribution in [2.75, 3.05) is 18.9 Å². The van der Waals surface area contributed by atoms with Gasteiger partial charge < -0.3 is 30.1 Å². The monoisotopic (exact) mass is 445 g/mol. The SMILES string of the molecule is CCSC(=O)CNC(=O)/C=C(\C)C[C@@H]1OC[C@H](C[C@@H]2O[C@H]2[C@@H](C)[C@H](C)O)[C@@H](O)[C@H]1O. The molecule has 2 fully saturated rings. The van der Waals surface area contributed by atoms with E-state index >= 15 is 0 Å². The Hall–Kier alpha value is -0.970. The Bertz CT molecular complexity index is 626. The summed E-state index contributed by atoms with van der Waals surface area (Å²) in [5.74, 6) is 0.0633. The van der Waals surface area contributed by atoms with Crippen LogP contribution in [0.3, 0.4) is 0 Å². The molecule has 8 nitrogen and oxygen atoms in total. The molecule has 2 aliphatic heterocycles. The van der Waals surface area contributed by atoms with Gasteiger partial charge in [0.15, 0.2) is 0 Å². The maximum atomic E-state index is 11.9. The summed E-state index contributed by atoms with van der Waals surface area (Å²) in [6.07, 6.45) is -0.893. The van der Waals surface area contributed by atoms with Crippen molar-refractivity contribution in [3.8, 4) is 0 Å². The van der Waals surface area contributed by atoms with E-state index in [2.05, 4.69) is 5.32 Å². The summed E-state index contributed by atoms with van der Waals surface area (Å²) in [5, 5.41) is 33.1. The van der Waals surface area contributed by atoms with Crippen LogP contribution < -0.4 is 5.32 Å². The Morgan fingerprint density at radius 3 is 2.57 bits per heavy atom. The van der Waals surface area contributed by atoms with E-state index in [-0.39, 0.29) is 41.6 Å². The molecule has 0 aromatic rings. The molecule has 172 valence electrons. The third-order valence-corrected chi connectivity index (χ3v) is 6.54. The minimum atomic E-state index is -1.07. The first-order valence-electron chi connectivity index (χ1n) is 10.6. The first-order valence-corrected chi connectivity index (χ1v) is 11.5. The number of aliphatic hydroxyl groups excluding tert-OH is 3. The van der Waals surface area contributed by atoms with Gasteiger partial charge in [-0.25, -0.2) is 0 Å². The fraction of sp³-hybridized carbons (Fsp3) is 0.810. The zero-order chi connectivity index (χ0) is 22.4. The van der Waals surface area contributed by atoms with Crippen LogP contribution in [0.5, 0.6) is 0 Å². The first-order chi connectivity index (χ1) is 14.1. The maximum Gasteiger partial charge on any atom is 0.244 e. The zero-order valence-electron chi connectivity index (χ0n) is 18.1. The van der Waals surface area contributed by atoms with Crippen LogP contribution in [0, 0.1) is 11.8 Å². The number of amides is 1. The number of carbonyl (C=O) groups is 2. The van der Waals surface area contributed by atoms with Crippen molar-refractivity contribution in [3.05, 3.63) is 11.6 Å². The van der Waals surface area contributed by atoms with Gasteiger partial charge in [0, 0.05) is 17.9 Å². The molecule has 9 heteroatoms. The highest BCUT2D eigenvalue weighted by molar-refractivity contribution is 8.13. The smallest absolute Gasteiger partial charge is 0.244 e. The van der Waals surface area contributed by atoms with Crippen molar-refractivity contribution in [3.63, 3.8) is 0 Å². The summed E-state index contributed by atoms with van der Waals surface area (Å²) in [7, 11) is 0. The Balaban J connectivity index is 1.78. The Morgan fingerprint density at radius 2 is 1.93 bits per heavy atom.